The molecule has 622 valence electrons. The van der Waals surface area contributed by atoms with Crippen molar-refractivity contribution in [2.75, 3.05) is 0 Å². The number of hydrogen-bond donors (Lipinski definition) is 0. The second-order valence-electron chi connectivity index (χ2n) is 36.7. The van der Waals surface area contributed by atoms with Crippen LogP contribution in [0, 0.1) is 6.92 Å². The molecule has 3 heterocycles. The molecule has 1 saturated heterocycles. The summed E-state index contributed by atoms with van der Waals surface area (Å²) < 4.78 is 12.5. The standard InChI is InChI=1S/C59H36N2.C38H24.C28H27BN2O2/c1-3-16-37(17-4-1)56-36-57(38-18-5-2-6-19-38)61-58(60-56)41-21-15-20-39(32-41)40-30-31-44-48(33-40)42-22-7-8-23-43(42)49-34-51-47-26-11-14-29-54(47)59(55(51)35-50(44)49)52-27-12-9-24-45(52)46-25-10-13-28-53(46)59;1-23-18-19-26-30(20-23)24-10-2-3-11-25(24)31-21-33-29-14-6-9-17-36(29)38(37(33)22-32(26)31)34-15-7-4-12-27(34)28-13-5-8-16-35(28)38;1-27(2)28(3,4)33-29(32-27)23-17-11-16-22(18-23)26-30-24(20-12-7-5-8-13-20)19-25(31-26)21-14-9-6-10-15-21/h1-36H;2-22H,1H3;5-19H,1-4H3. The largest absolute Gasteiger partial charge is 0.494 e. The first kappa shape index (κ1) is 78.4. The van der Waals surface area contributed by atoms with E-state index in [1.54, 1.807) is 0 Å². The number of nitrogens with zero attached hydrogens (tertiary/aromatic N) is 4. The van der Waals surface area contributed by atoms with Gasteiger partial charge in [-0.15, -0.1) is 0 Å². The number of rotatable bonds is 8. The molecule has 0 N–H and O–H groups in total. The number of hydrogen-bond acceptors (Lipinski definition) is 6. The molecule has 0 saturated carbocycles. The Morgan fingerprint density at radius 3 is 0.841 bits per heavy atom. The van der Waals surface area contributed by atoms with Crippen LogP contribution in [0.4, 0.5) is 0 Å². The van der Waals surface area contributed by atoms with E-state index < -0.39 is 23.7 Å². The van der Waals surface area contributed by atoms with E-state index in [0.29, 0.717) is 11.6 Å². The Morgan fingerprint density at radius 1 is 0.189 bits per heavy atom. The first-order chi connectivity index (χ1) is 64.8. The zero-order valence-corrected chi connectivity index (χ0v) is 73.8. The molecule has 0 bridgehead atoms. The zero-order valence-electron chi connectivity index (χ0n) is 73.8. The fraction of sp³-hybridized carbons (Fsp3) is 0.0720. The third kappa shape index (κ3) is 12.3. The fourth-order valence-electron chi connectivity index (χ4n) is 22.2. The van der Waals surface area contributed by atoms with Gasteiger partial charge in [-0.3, -0.25) is 0 Å². The van der Waals surface area contributed by atoms with Crippen molar-refractivity contribution in [3.8, 4) is 123 Å². The summed E-state index contributed by atoms with van der Waals surface area (Å²) in [7, 11) is -0.430. The van der Waals surface area contributed by atoms with Gasteiger partial charge in [-0.2, -0.15) is 0 Å². The third-order valence-corrected chi connectivity index (χ3v) is 28.9. The van der Waals surface area contributed by atoms with Gasteiger partial charge in [-0.05, 0) is 253 Å². The van der Waals surface area contributed by atoms with E-state index in [4.69, 9.17) is 29.2 Å². The van der Waals surface area contributed by atoms with Crippen LogP contribution in [-0.4, -0.2) is 38.3 Å². The fourth-order valence-corrected chi connectivity index (χ4v) is 22.2. The van der Waals surface area contributed by atoms with Gasteiger partial charge in [0.15, 0.2) is 11.6 Å². The minimum Gasteiger partial charge on any atom is -0.399 e. The first-order valence-corrected chi connectivity index (χ1v) is 45.8. The number of aromatic nitrogens is 4. The first-order valence-electron chi connectivity index (χ1n) is 45.8. The Bertz CT molecular complexity index is 8280. The van der Waals surface area contributed by atoms with Gasteiger partial charge < -0.3 is 9.31 Å². The van der Waals surface area contributed by atoms with Gasteiger partial charge in [0.05, 0.1) is 44.8 Å². The lowest BCUT2D eigenvalue weighted by Crippen LogP contribution is -2.41. The highest BCUT2D eigenvalue weighted by atomic mass is 16.7. The van der Waals surface area contributed by atoms with Gasteiger partial charge in [0.2, 0.25) is 0 Å². The Morgan fingerprint density at radius 2 is 0.462 bits per heavy atom. The molecule has 22 aromatic rings. The summed E-state index contributed by atoms with van der Waals surface area (Å²) in [6, 6.07) is 158. The summed E-state index contributed by atoms with van der Waals surface area (Å²) in [4.78, 5) is 20.2. The van der Waals surface area contributed by atoms with Gasteiger partial charge in [-0.25, -0.2) is 19.9 Å². The Labute approximate surface area is 768 Å². The Hall–Kier alpha value is -15.9. The number of fused-ring (bicyclic) bond motifs is 32. The van der Waals surface area contributed by atoms with Crippen molar-refractivity contribution >= 4 is 77.2 Å². The monoisotopic (exact) mass is 1690 g/mol. The molecule has 0 unspecified atom stereocenters. The average Bonchev–Trinajstić information content (AvgIpc) is 1.51. The molecule has 0 amide bonds. The Balaban J connectivity index is 0.000000113. The highest BCUT2D eigenvalue weighted by molar-refractivity contribution is 6.62. The van der Waals surface area contributed by atoms with Crippen molar-refractivity contribution < 1.29 is 9.31 Å². The predicted octanol–water partition coefficient (Wildman–Crippen LogP) is 30.5. The van der Waals surface area contributed by atoms with E-state index in [0.717, 1.165) is 72.7 Å². The molecule has 4 aliphatic carbocycles. The molecule has 1 aliphatic heterocycles. The molecule has 6 nitrogen and oxygen atoms in total. The lowest BCUT2D eigenvalue weighted by Gasteiger charge is -2.32. The lowest BCUT2D eigenvalue weighted by atomic mass is 9.70. The van der Waals surface area contributed by atoms with Crippen LogP contribution >= 0.6 is 0 Å². The van der Waals surface area contributed by atoms with Gasteiger partial charge in [0, 0.05) is 33.4 Å². The molecule has 0 atom stereocenters. The molecular formula is C125H87BN4O2. The minimum atomic E-state index is -0.430. The highest BCUT2D eigenvalue weighted by Crippen LogP contribution is 2.66. The smallest absolute Gasteiger partial charge is 0.399 e. The van der Waals surface area contributed by atoms with Crippen LogP contribution in [0.3, 0.4) is 0 Å². The van der Waals surface area contributed by atoms with Gasteiger partial charge in [0.25, 0.3) is 0 Å². The maximum Gasteiger partial charge on any atom is 0.494 e. The number of aryl methyl sites for hydroxylation is 1. The van der Waals surface area contributed by atoms with Gasteiger partial charge in [0.1, 0.15) is 0 Å². The SMILES string of the molecule is CC1(C)OB(c2cccc(-c3nc(-c4ccccc4)cc(-c4ccccc4)n3)c2)OC1(C)C.Cc1ccc2c(c1)c1ccccc1c1cc3c(cc21)C1(c2ccccc2-c2ccccc21)c1ccccc1-3.c1ccc(-c2cc(-c3ccccc3)nc(-c3cccc(-c4ccc5c(c4)c4ccccc4c4cc6c(cc54)C4(c5ccccc5-c5ccccc54)c4ccccc4-6)c3)n2)cc1. The summed E-state index contributed by atoms with van der Waals surface area (Å²) in [5.74, 6) is 1.38. The van der Waals surface area contributed by atoms with E-state index in [1.165, 1.54) is 159 Å². The van der Waals surface area contributed by atoms with E-state index in [1.807, 2.05) is 72.8 Å². The van der Waals surface area contributed by atoms with Gasteiger partial charge >= 0.3 is 7.12 Å². The average molecular weight is 1690 g/mol. The normalized spacial score (nSPS) is 14.3. The van der Waals surface area contributed by atoms with Crippen LogP contribution in [0.15, 0.2) is 437 Å². The van der Waals surface area contributed by atoms with Crippen LogP contribution in [0.5, 0.6) is 0 Å². The molecule has 5 aliphatic rings. The van der Waals surface area contributed by atoms with Crippen LogP contribution in [0.25, 0.3) is 188 Å². The third-order valence-electron chi connectivity index (χ3n) is 28.9. The highest BCUT2D eigenvalue weighted by Gasteiger charge is 2.55. The molecular weight excluding hydrogens is 1600 g/mol. The van der Waals surface area contributed by atoms with Crippen molar-refractivity contribution in [3.05, 3.63) is 487 Å². The summed E-state index contributed by atoms with van der Waals surface area (Å²) in [6.07, 6.45) is 0. The van der Waals surface area contributed by atoms with Crippen LogP contribution < -0.4 is 5.46 Å². The summed E-state index contributed by atoms with van der Waals surface area (Å²) in [5.41, 5.74) is 34.5. The zero-order chi connectivity index (χ0) is 88.1. The van der Waals surface area contributed by atoms with Crippen molar-refractivity contribution in [2.24, 2.45) is 0 Å². The van der Waals surface area contributed by atoms with Crippen LogP contribution in [-0.2, 0) is 20.1 Å². The van der Waals surface area contributed by atoms with Crippen molar-refractivity contribution in [1.82, 2.24) is 19.9 Å². The van der Waals surface area contributed by atoms with Crippen LogP contribution in [0.1, 0.15) is 77.8 Å². The van der Waals surface area contributed by atoms with Crippen molar-refractivity contribution in [1.29, 1.82) is 0 Å². The molecule has 20 aromatic carbocycles. The van der Waals surface area contributed by atoms with Crippen LogP contribution in [0.2, 0.25) is 0 Å². The topological polar surface area (TPSA) is 70.0 Å². The van der Waals surface area contributed by atoms with Crippen molar-refractivity contribution in [3.63, 3.8) is 0 Å². The van der Waals surface area contributed by atoms with E-state index in [2.05, 4.69) is 399 Å². The number of benzene rings is 20. The maximum atomic E-state index is 6.26. The molecule has 1 fully saturated rings. The van der Waals surface area contributed by atoms with Gasteiger partial charge in [-0.1, -0.05) is 394 Å². The molecule has 7 heteroatoms. The second-order valence-corrected chi connectivity index (χ2v) is 36.7. The molecule has 2 spiro atoms. The quantitative estimate of drug-likeness (QED) is 0.112. The van der Waals surface area contributed by atoms with E-state index >= 15 is 0 Å². The Kier molecular flexibility index (Phi) is 18.2. The molecule has 27 rings (SSSR count). The summed E-state index contributed by atoms with van der Waals surface area (Å²) in [5, 5.41) is 15.6. The summed E-state index contributed by atoms with van der Waals surface area (Å²) >= 11 is 0. The lowest BCUT2D eigenvalue weighted by molar-refractivity contribution is 0.00578. The molecule has 2 aromatic heterocycles. The molecule has 0 radical (unpaired) electrons. The van der Waals surface area contributed by atoms with E-state index in [9.17, 15) is 0 Å². The van der Waals surface area contributed by atoms with Crippen molar-refractivity contribution in [2.45, 2.75) is 56.7 Å². The molecule has 132 heavy (non-hydrogen) atoms. The maximum absolute atomic E-state index is 6.26. The summed E-state index contributed by atoms with van der Waals surface area (Å²) in [6.45, 7) is 10.5. The van der Waals surface area contributed by atoms with E-state index in [-0.39, 0.29) is 5.41 Å². The second kappa shape index (κ2) is 30.7. The predicted molar refractivity (Wildman–Crippen MR) is 547 cm³/mol. The minimum absolute atomic E-state index is 0.310.